The lowest BCUT2D eigenvalue weighted by atomic mass is 10.1. The van der Waals surface area contributed by atoms with Crippen molar-refractivity contribution in [1.82, 2.24) is 9.80 Å². The lowest BCUT2D eigenvalue weighted by Crippen LogP contribution is -2.44. The Bertz CT molecular complexity index is 772. The summed E-state index contributed by atoms with van der Waals surface area (Å²) in [4.78, 5) is 18.7. The second kappa shape index (κ2) is 7.82. The molecule has 2 aromatic rings. The van der Waals surface area contributed by atoms with Gasteiger partial charge in [0.1, 0.15) is 5.37 Å². The number of carbonyl (C=O) groups excluding carboxylic acids is 1. The molecule has 1 saturated heterocycles. The summed E-state index contributed by atoms with van der Waals surface area (Å²) in [5.74, 6) is 0.137. The number of ether oxygens (including phenoxy) is 1. The molecule has 5 heteroatoms. The number of fused-ring (bicyclic) bond motifs is 1. The first-order valence-electron chi connectivity index (χ1n) is 9.16. The second-order valence-corrected chi connectivity index (χ2v) is 7.95. The zero-order chi connectivity index (χ0) is 17.9. The van der Waals surface area contributed by atoms with Crippen LogP contribution in [0.2, 0.25) is 0 Å². The Hall–Kier alpha value is -1.82. The summed E-state index contributed by atoms with van der Waals surface area (Å²) in [6.07, 6.45) is 0. The molecule has 0 radical (unpaired) electrons. The molecule has 0 aliphatic carbocycles. The van der Waals surface area contributed by atoms with Gasteiger partial charge in [-0.2, -0.15) is 0 Å². The van der Waals surface area contributed by atoms with Crippen LogP contribution in [0.5, 0.6) is 0 Å². The molecule has 26 heavy (non-hydrogen) atoms. The highest BCUT2D eigenvalue weighted by Gasteiger charge is 2.33. The highest BCUT2D eigenvalue weighted by atomic mass is 32.2. The molecule has 2 aliphatic heterocycles. The zero-order valence-electron chi connectivity index (χ0n) is 15.1. The van der Waals surface area contributed by atoms with E-state index in [1.165, 1.54) is 11.1 Å². The average molecular weight is 369 g/mol. The molecule has 4 rings (SSSR count). The van der Waals surface area contributed by atoms with Gasteiger partial charge in [0.15, 0.2) is 0 Å². The molecule has 1 fully saturated rings. The predicted octanol–water partition coefficient (Wildman–Crippen LogP) is 3.57. The van der Waals surface area contributed by atoms with Gasteiger partial charge in [0.05, 0.1) is 18.8 Å². The lowest BCUT2D eigenvalue weighted by molar-refractivity contribution is 0.0316. The Labute approximate surface area is 159 Å². The van der Waals surface area contributed by atoms with E-state index in [1.807, 2.05) is 23.1 Å². The predicted molar refractivity (Wildman–Crippen MR) is 105 cm³/mol. The maximum atomic E-state index is 13.2. The second-order valence-electron chi connectivity index (χ2n) is 6.83. The Morgan fingerprint density at radius 3 is 2.54 bits per heavy atom. The van der Waals surface area contributed by atoms with Crippen molar-refractivity contribution in [1.29, 1.82) is 0 Å². The first kappa shape index (κ1) is 17.6. The van der Waals surface area contributed by atoms with Crippen molar-refractivity contribution in [2.75, 3.05) is 39.4 Å². The van der Waals surface area contributed by atoms with E-state index in [0.29, 0.717) is 0 Å². The van der Waals surface area contributed by atoms with E-state index < -0.39 is 0 Å². The van der Waals surface area contributed by atoms with Crippen LogP contribution in [0, 0.1) is 6.92 Å². The van der Waals surface area contributed by atoms with Gasteiger partial charge in [0, 0.05) is 31.1 Å². The van der Waals surface area contributed by atoms with Crippen molar-refractivity contribution >= 4 is 17.7 Å². The monoisotopic (exact) mass is 368 g/mol. The molecule has 1 atom stereocenters. The molecule has 1 unspecified atom stereocenters. The number of rotatable bonds is 4. The summed E-state index contributed by atoms with van der Waals surface area (Å²) >= 11 is 1.78. The SMILES string of the molecule is Cc1ccc(C2Sc3ccccc3C(=O)N2CCN2CCOCC2)cc1. The molecule has 2 aliphatic rings. The zero-order valence-corrected chi connectivity index (χ0v) is 15.9. The number of benzene rings is 2. The van der Waals surface area contributed by atoms with Crippen molar-refractivity contribution in [3.05, 3.63) is 65.2 Å². The minimum atomic E-state index is 0.0269. The van der Waals surface area contributed by atoms with E-state index in [-0.39, 0.29) is 11.3 Å². The average Bonchev–Trinajstić information content (AvgIpc) is 2.69. The largest absolute Gasteiger partial charge is 0.379 e. The van der Waals surface area contributed by atoms with E-state index in [1.54, 1.807) is 11.8 Å². The minimum absolute atomic E-state index is 0.0269. The van der Waals surface area contributed by atoms with Crippen molar-refractivity contribution in [2.45, 2.75) is 17.2 Å². The molecule has 0 N–H and O–H groups in total. The van der Waals surface area contributed by atoms with Crippen LogP contribution in [-0.4, -0.2) is 55.1 Å². The molecule has 0 bridgehead atoms. The molecule has 0 spiro atoms. The fourth-order valence-electron chi connectivity index (χ4n) is 3.46. The molecule has 0 aromatic heterocycles. The highest BCUT2D eigenvalue weighted by molar-refractivity contribution is 7.99. The number of thioether (sulfide) groups is 1. The Morgan fingerprint density at radius 1 is 1.04 bits per heavy atom. The third kappa shape index (κ3) is 3.65. The van der Waals surface area contributed by atoms with Crippen molar-refractivity contribution < 1.29 is 9.53 Å². The number of carbonyl (C=O) groups is 1. The van der Waals surface area contributed by atoms with Crippen LogP contribution in [-0.2, 0) is 4.74 Å². The van der Waals surface area contributed by atoms with E-state index >= 15 is 0 Å². The quantitative estimate of drug-likeness (QED) is 0.826. The highest BCUT2D eigenvalue weighted by Crippen LogP contribution is 2.44. The molecular weight excluding hydrogens is 344 g/mol. The molecule has 1 amide bonds. The third-order valence-electron chi connectivity index (χ3n) is 5.02. The van der Waals surface area contributed by atoms with Crippen molar-refractivity contribution in [2.24, 2.45) is 0 Å². The summed E-state index contributed by atoms with van der Waals surface area (Å²) in [7, 11) is 0. The molecule has 2 heterocycles. The van der Waals surface area contributed by atoms with Crippen LogP contribution in [0.25, 0.3) is 0 Å². The Kier molecular flexibility index (Phi) is 5.29. The van der Waals surface area contributed by atoms with Gasteiger partial charge in [-0.1, -0.05) is 53.7 Å². The maximum absolute atomic E-state index is 13.2. The number of nitrogens with zero attached hydrogens (tertiary/aromatic N) is 2. The minimum Gasteiger partial charge on any atom is -0.379 e. The van der Waals surface area contributed by atoms with Crippen LogP contribution < -0.4 is 0 Å². The number of hydrogen-bond donors (Lipinski definition) is 0. The Morgan fingerprint density at radius 2 is 1.77 bits per heavy atom. The summed E-state index contributed by atoms with van der Waals surface area (Å²) in [5.41, 5.74) is 3.24. The Balaban J connectivity index is 1.60. The van der Waals surface area contributed by atoms with Gasteiger partial charge < -0.3 is 9.64 Å². The topological polar surface area (TPSA) is 32.8 Å². The van der Waals surface area contributed by atoms with Gasteiger partial charge in [0.25, 0.3) is 5.91 Å². The lowest BCUT2D eigenvalue weighted by Gasteiger charge is -2.38. The van der Waals surface area contributed by atoms with Crippen LogP contribution in [0.4, 0.5) is 0 Å². The molecule has 136 valence electrons. The van der Waals surface area contributed by atoms with Crippen molar-refractivity contribution in [3.63, 3.8) is 0 Å². The summed E-state index contributed by atoms with van der Waals surface area (Å²) in [6.45, 7) is 7.18. The number of amides is 1. The standard InChI is InChI=1S/C21H24N2O2S/c1-16-6-8-17(9-7-16)21-23(11-10-22-12-14-25-15-13-22)20(24)18-4-2-3-5-19(18)26-21/h2-9,21H,10-15H2,1H3. The van der Waals surface area contributed by atoms with Gasteiger partial charge in [-0.3, -0.25) is 9.69 Å². The van der Waals surface area contributed by atoms with Gasteiger partial charge >= 0.3 is 0 Å². The van der Waals surface area contributed by atoms with E-state index in [0.717, 1.165) is 49.9 Å². The van der Waals surface area contributed by atoms with E-state index in [4.69, 9.17) is 4.74 Å². The molecular formula is C21H24N2O2S. The van der Waals surface area contributed by atoms with E-state index in [2.05, 4.69) is 42.2 Å². The first-order chi connectivity index (χ1) is 12.7. The number of aryl methyl sites for hydroxylation is 1. The molecule has 2 aromatic carbocycles. The fraction of sp³-hybridized carbons (Fsp3) is 0.381. The van der Waals surface area contributed by atoms with Gasteiger partial charge in [0.2, 0.25) is 0 Å². The van der Waals surface area contributed by atoms with Gasteiger partial charge in [-0.25, -0.2) is 0 Å². The summed E-state index contributed by atoms with van der Waals surface area (Å²) in [6, 6.07) is 16.5. The summed E-state index contributed by atoms with van der Waals surface area (Å²) in [5, 5.41) is 0.0269. The fourth-order valence-corrected chi connectivity index (χ4v) is 4.76. The van der Waals surface area contributed by atoms with Gasteiger partial charge in [-0.05, 0) is 24.6 Å². The third-order valence-corrected chi connectivity index (χ3v) is 6.38. The molecule has 4 nitrogen and oxygen atoms in total. The van der Waals surface area contributed by atoms with Crippen LogP contribution in [0.1, 0.15) is 26.9 Å². The summed E-state index contributed by atoms with van der Waals surface area (Å²) < 4.78 is 5.43. The number of morpholine rings is 1. The molecule has 0 saturated carbocycles. The maximum Gasteiger partial charge on any atom is 0.256 e. The smallest absolute Gasteiger partial charge is 0.256 e. The van der Waals surface area contributed by atoms with Crippen molar-refractivity contribution in [3.8, 4) is 0 Å². The normalized spacial score (nSPS) is 20.9. The number of hydrogen-bond acceptors (Lipinski definition) is 4. The first-order valence-corrected chi connectivity index (χ1v) is 10.0. The van der Waals surface area contributed by atoms with Crippen LogP contribution >= 0.6 is 11.8 Å². The van der Waals surface area contributed by atoms with Crippen LogP contribution in [0.3, 0.4) is 0 Å². The van der Waals surface area contributed by atoms with Crippen LogP contribution in [0.15, 0.2) is 53.4 Å². The van der Waals surface area contributed by atoms with Gasteiger partial charge in [-0.15, -0.1) is 0 Å². The van der Waals surface area contributed by atoms with E-state index in [9.17, 15) is 4.79 Å².